The highest BCUT2D eigenvalue weighted by atomic mass is 16.6. The maximum Gasteiger partial charge on any atom is 0.310 e. The zero-order chi connectivity index (χ0) is 16.3. The Kier molecular flexibility index (Phi) is 5.28. The molecule has 1 aromatic carbocycles. The van der Waals surface area contributed by atoms with Crippen LogP contribution in [0, 0.1) is 26.7 Å². The number of piperidine rings is 1. The van der Waals surface area contributed by atoms with Crippen molar-refractivity contribution in [1.82, 2.24) is 5.32 Å². The summed E-state index contributed by atoms with van der Waals surface area (Å²) in [6.45, 7) is 12.4. The Morgan fingerprint density at radius 2 is 1.73 bits per heavy atom. The molecule has 0 bridgehead atoms. The first-order chi connectivity index (χ1) is 10.3. The van der Waals surface area contributed by atoms with Gasteiger partial charge in [-0.3, -0.25) is 4.79 Å². The zero-order valence-corrected chi connectivity index (χ0v) is 14.6. The molecule has 0 saturated carbocycles. The molecule has 0 amide bonds. The molecule has 1 fully saturated rings. The van der Waals surface area contributed by atoms with E-state index in [1.54, 1.807) is 0 Å². The molecule has 0 spiro atoms. The average molecular weight is 303 g/mol. The van der Waals surface area contributed by atoms with Crippen LogP contribution in [0.3, 0.4) is 0 Å². The van der Waals surface area contributed by atoms with Crippen LogP contribution < -0.4 is 5.32 Å². The molecule has 1 aliphatic heterocycles. The smallest absolute Gasteiger partial charge is 0.310 e. The van der Waals surface area contributed by atoms with Crippen LogP contribution in [-0.4, -0.2) is 24.7 Å². The first-order valence-electron chi connectivity index (χ1n) is 8.29. The van der Waals surface area contributed by atoms with E-state index in [1.165, 1.54) is 16.7 Å². The summed E-state index contributed by atoms with van der Waals surface area (Å²) in [6, 6.07) is 4.27. The summed E-state index contributed by atoms with van der Waals surface area (Å²) in [5.74, 6) is 0.330. The topological polar surface area (TPSA) is 38.3 Å². The van der Waals surface area contributed by atoms with E-state index in [2.05, 4.69) is 52.1 Å². The van der Waals surface area contributed by atoms with Crippen molar-refractivity contribution in [3.63, 3.8) is 0 Å². The van der Waals surface area contributed by atoms with Gasteiger partial charge in [-0.25, -0.2) is 0 Å². The van der Waals surface area contributed by atoms with Crippen LogP contribution in [-0.2, 0) is 16.0 Å². The van der Waals surface area contributed by atoms with E-state index in [-0.39, 0.29) is 11.6 Å². The van der Waals surface area contributed by atoms with E-state index >= 15 is 0 Å². The van der Waals surface area contributed by atoms with Crippen molar-refractivity contribution >= 4 is 5.97 Å². The normalized spacial score (nSPS) is 16.6. The van der Waals surface area contributed by atoms with E-state index < -0.39 is 0 Å². The SMILES string of the molecule is Cc1cc(C)c(CC(=O)OC(C)(C)C2CCNCC2)c(C)c1. The highest BCUT2D eigenvalue weighted by Crippen LogP contribution is 2.29. The molecule has 122 valence electrons. The van der Waals surface area contributed by atoms with E-state index in [4.69, 9.17) is 4.74 Å². The third-order valence-electron chi connectivity index (χ3n) is 4.86. The minimum atomic E-state index is -0.383. The van der Waals surface area contributed by atoms with Crippen molar-refractivity contribution in [3.8, 4) is 0 Å². The van der Waals surface area contributed by atoms with Crippen LogP contribution in [0.15, 0.2) is 12.1 Å². The quantitative estimate of drug-likeness (QED) is 0.866. The van der Waals surface area contributed by atoms with Crippen molar-refractivity contribution in [2.45, 2.75) is 59.5 Å². The van der Waals surface area contributed by atoms with Gasteiger partial charge in [0.15, 0.2) is 0 Å². The second-order valence-electron chi connectivity index (χ2n) is 7.16. The van der Waals surface area contributed by atoms with Crippen molar-refractivity contribution in [1.29, 1.82) is 0 Å². The standard InChI is InChI=1S/C19H29NO2/c1-13-10-14(2)17(15(3)11-13)12-18(21)22-19(4,5)16-6-8-20-9-7-16/h10-11,16,20H,6-9,12H2,1-5H3. The first kappa shape index (κ1) is 17.0. The van der Waals surface area contributed by atoms with Crippen LogP contribution >= 0.6 is 0 Å². The van der Waals surface area contributed by atoms with Gasteiger partial charge in [0.1, 0.15) is 5.60 Å². The summed E-state index contributed by atoms with van der Waals surface area (Å²) in [7, 11) is 0. The third-order valence-corrected chi connectivity index (χ3v) is 4.86. The molecular formula is C19H29NO2. The fourth-order valence-electron chi connectivity index (χ4n) is 3.56. The van der Waals surface area contributed by atoms with Gasteiger partial charge in [0.05, 0.1) is 6.42 Å². The summed E-state index contributed by atoms with van der Waals surface area (Å²) in [6.07, 6.45) is 2.51. The summed E-state index contributed by atoms with van der Waals surface area (Å²) in [5.41, 5.74) is 4.31. The Morgan fingerprint density at radius 1 is 1.18 bits per heavy atom. The molecule has 3 nitrogen and oxygen atoms in total. The largest absolute Gasteiger partial charge is 0.459 e. The van der Waals surface area contributed by atoms with Gasteiger partial charge in [-0.1, -0.05) is 17.7 Å². The van der Waals surface area contributed by atoms with Crippen LogP contribution in [0.25, 0.3) is 0 Å². The minimum Gasteiger partial charge on any atom is -0.459 e. The predicted molar refractivity (Wildman–Crippen MR) is 90.1 cm³/mol. The van der Waals surface area contributed by atoms with E-state index in [1.807, 2.05) is 0 Å². The Labute approximate surface area is 134 Å². The summed E-state index contributed by atoms with van der Waals surface area (Å²) >= 11 is 0. The van der Waals surface area contributed by atoms with Crippen LogP contribution in [0.1, 0.15) is 48.9 Å². The van der Waals surface area contributed by atoms with E-state index in [9.17, 15) is 4.79 Å². The second-order valence-corrected chi connectivity index (χ2v) is 7.16. The monoisotopic (exact) mass is 303 g/mol. The lowest BCUT2D eigenvalue weighted by Crippen LogP contribution is -2.43. The summed E-state index contributed by atoms with van der Waals surface area (Å²) in [4.78, 5) is 12.4. The number of hydrogen-bond donors (Lipinski definition) is 1. The van der Waals surface area contributed by atoms with E-state index in [0.717, 1.165) is 31.5 Å². The maximum atomic E-state index is 12.4. The fourth-order valence-corrected chi connectivity index (χ4v) is 3.56. The Balaban J connectivity index is 2.03. The first-order valence-corrected chi connectivity index (χ1v) is 8.29. The van der Waals surface area contributed by atoms with Crippen molar-refractivity contribution in [2.24, 2.45) is 5.92 Å². The highest BCUT2D eigenvalue weighted by Gasteiger charge is 2.34. The van der Waals surface area contributed by atoms with Crippen LogP contribution in [0.2, 0.25) is 0 Å². The number of carbonyl (C=O) groups is 1. The van der Waals surface area contributed by atoms with Crippen LogP contribution in [0.5, 0.6) is 0 Å². The molecule has 3 heteroatoms. The fraction of sp³-hybridized carbons (Fsp3) is 0.632. The second kappa shape index (κ2) is 6.82. The summed E-state index contributed by atoms with van der Waals surface area (Å²) in [5, 5.41) is 3.36. The number of esters is 1. The number of carbonyl (C=O) groups excluding carboxylic acids is 1. The molecule has 0 atom stereocenters. The number of rotatable bonds is 4. The van der Waals surface area contributed by atoms with Crippen molar-refractivity contribution in [2.75, 3.05) is 13.1 Å². The summed E-state index contributed by atoms with van der Waals surface area (Å²) < 4.78 is 5.85. The van der Waals surface area contributed by atoms with Gasteiger partial charge in [-0.2, -0.15) is 0 Å². The van der Waals surface area contributed by atoms with Gasteiger partial charge in [0, 0.05) is 5.92 Å². The highest BCUT2D eigenvalue weighted by molar-refractivity contribution is 5.74. The third kappa shape index (κ3) is 4.10. The zero-order valence-electron chi connectivity index (χ0n) is 14.6. The molecule has 0 unspecified atom stereocenters. The molecule has 0 radical (unpaired) electrons. The van der Waals surface area contributed by atoms with Gasteiger partial charge in [0.2, 0.25) is 0 Å². The molecule has 1 aliphatic rings. The lowest BCUT2D eigenvalue weighted by atomic mass is 9.83. The number of hydrogen-bond acceptors (Lipinski definition) is 3. The van der Waals surface area contributed by atoms with E-state index in [0.29, 0.717) is 12.3 Å². The molecule has 1 N–H and O–H groups in total. The Morgan fingerprint density at radius 3 is 2.27 bits per heavy atom. The lowest BCUT2D eigenvalue weighted by molar-refractivity contribution is -0.161. The van der Waals surface area contributed by atoms with Crippen molar-refractivity contribution in [3.05, 3.63) is 34.4 Å². The van der Waals surface area contributed by atoms with Gasteiger partial charge in [-0.05, 0) is 77.2 Å². The van der Waals surface area contributed by atoms with Crippen molar-refractivity contribution < 1.29 is 9.53 Å². The molecule has 1 heterocycles. The number of nitrogens with one attached hydrogen (secondary N) is 1. The number of aryl methyl sites for hydroxylation is 3. The molecule has 1 saturated heterocycles. The average Bonchev–Trinajstić information content (AvgIpc) is 2.43. The lowest BCUT2D eigenvalue weighted by Gasteiger charge is -2.36. The number of benzene rings is 1. The molecule has 1 aromatic rings. The molecule has 0 aromatic heterocycles. The van der Waals surface area contributed by atoms with Gasteiger partial charge in [-0.15, -0.1) is 0 Å². The van der Waals surface area contributed by atoms with Gasteiger partial charge < -0.3 is 10.1 Å². The molecule has 2 rings (SSSR count). The Hall–Kier alpha value is -1.35. The molecule has 22 heavy (non-hydrogen) atoms. The minimum absolute atomic E-state index is 0.112. The Bertz CT molecular complexity index is 519. The molecule has 0 aliphatic carbocycles. The number of ether oxygens (including phenoxy) is 1. The predicted octanol–water partition coefficient (Wildman–Crippen LogP) is 3.48. The molecular weight excluding hydrogens is 274 g/mol. The maximum absolute atomic E-state index is 12.4. The van der Waals surface area contributed by atoms with Gasteiger partial charge >= 0.3 is 5.97 Å². The van der Waals surface area contributed by atoms with Crippen LogP contribution in [0.4, 0.5) is 0 Å². The van der Waals surface area contributed by atoms with Gasteiger partial charge in [0.25, 0.3) is 0 Å².